The Labute approximate surface area is 118 Å². The number of fused-ring (bicyclic) bond motifs is 1. The molecule has 1 unspecified atom stereocenters. The van der Waals surface area contributed by atoms with Crippen LogP contribution < -0.4 is 10.2 Å². The molecule has 0 saturated heterocycles. The van der Waals surface area contributed by atoms with Gasteiger partial charge in [0.25, 0.3) is 0 Å². The van der Waals surface area contributed by atoms with Crippen molar-refractivity contribution in [1.82, 2.24) is 5.32 Å². The summed E-state index contributed by atoms with van der Waals surface area (Å²) in [6, 6.07) is 9.47. The lowest BCUT2D eigenvalue weighted by Crippen LogP contribution is -2.31. The maximum absolute atomic E-state index is 3.64. The van der Waals surface area contributed by atoms with Crippen molar-refractivity contribution in [2.24, 2.45) is 5.92 Å². The van der Waals surface area contributed by atoms with Gasteiger partial charge < -0.3 is 10.2 Å². The van der Waals surface area contributed by atoms with E-state index in [0.717, 1.165) is 12.5 Å². The molecular formula is C17H28N2. The standard InChI is InChI=1S/C17H28N2/c1-14(2)13-15(3)18-10-6-11-19-12-9-16-7-4-5-8-17(16)19/h4-5,7-8,14-15,18H,6,9-13H2,1-3H3. The van der Waals surface area contributed by atoms with Gasteiger partial charge in [0.1, 0.15) is 0 Å². The number of nitrogens with zero attached hydrogens (tertiary/aromatic N) is 1. The maximum Gasteiger partial charge on any atom is 0.0399 e. The number of para-hydroxylation sites is 1. The molecule has 19 heavy (non-hydrogen) atoms. The summed E-state index contributed by atoms with van der Waals surface area (Å²) in [5, 5.41) is 3.64. The summed E-state index contributed by atoms with van der Waals surface area (Å²) in [5.74, 6) is 0.785. The molecule has 0 aromatic heterocycles. The fourth-order valence-corrected chi connectivity index (χ4v) is 3.05. The summed E-state index contributed by atoms with van der Waals surface area (Å²) in [6.45, 7) is 10.4. The minimum atomic E-state index is 0.644. The molecule has 1 atom stereocenters. The lowest BCUT2D eigenvalue weighted by atomic mass is 10.1. The maximum atomic E-state index is 3.64. The van der Waals surface area contributed by atoms with E-state index < -0.39 is 0 Å². The third-order valence-electron chi connectivity index (χ3n) is 3.91. The van der Waals surface area contributed by atoms with Gasteiger partial charge in [-0.25, -0.2) is 0 Å². The van der Waals surface area contributed by atoms with Gasteiger partial charge in [0.15, 0.2) is 0 Å². The summed E-state index contributed by atoms with van der Waals surface area (Å²) in [6.07, 6.45) is 3.72. The van der Waals surface area contributed by atoms with E-state index >= 15 is 0 Å². The van der Waals surface area contributed by atoms with E-state index in [1.807, 2.05) is 0 Å². The predicted molar refractivity (Wildman–Crippen MR) is 83.9 cm³/mol. The van der Waals surface area contributed by atoms with E-state index in [0.29, 0.717) is 6.04 Å². The number of benzene rings is 1. The van der Waals surface area contributed by atoms with Crippen LogP contribution in [0.25, 0.3) is 0 Å². The minimum absolute atomic E-state index is 0.644. The van der Waals surface area contributed by atoms with Gasteiger partial charge in [0.2, 0.25) is 0 Å². The Morgan fingerprint density at radius 3 is 2.79 bits per heavy atom. The van der Waals surface area contributed by atoms with Crippen LogP contribution in [-0.4, -0.2) is 25.7 Å². The van der Waals surface area contributed by atoms with Crippen molar-refractivity contribution in [1.29, 1.82) is 0 Å². The van der Waals surface area contributed by atoms with E-state index in [4.69, 9.17) is 0 Å². The first kappa shape index (κ1) is 14.4. The molecule has 2 nitrogen and oxygen atoms in total. The molecule has 0 amide bonds. The Morgan fingerprint density at radius 2 is 2.00 bits per heavy atom. The van der Waals surface area contributed by atoms with Gasteiger partial charge in [-0.15, -0.1) is 0 Å². The molecule has 1 N–H and O–H groups in total. The van der Waals surface area contributed by atoms with Crippen molar-refractivity contribution in [3.63, 3.8) is 0 Å². The highest BCUT2D eigenvalue weighted by molar-refractivity contribution is 5.57. The quantitative estimate of drug-likeness (QED) is 0.755. The second kappa shape index (κ2) is 6.95. The molecule has 1 aliphatic heterocycles. The van der Waals surface area contributed by atoms with Crippen LogP contribution in [0.3, 0.4) is 0 Å². The number of anilines is 1. The van der Waals surface area contributed by atoms with Crippen molar-refractivity contribution in [3.8, 4) is 0 Å². The Hall–Kier alpha value is -1.02. The third kappa shape index (κ3) is 4.24. The number of hydrogen-bond donors (Lipinski definition) is 1. The van der Waals surface area contributed by atoms with E-state index in [9.17, 15) is 0 Å². The first-order valence-corrected chi connectivity index (χ1v) is 7.73. The average Bonchev–Trinajstić information content (AvgIpc) is 2.77. The van der Waals surface area contributed by atoms with Gasteiger partial charge in [-0.3, -0.25) is 0 Å². The molecule has 0 bridgehead atoms. The highest BCUT2D eigenvalue weighted by Gasteiger charge is 2.17. The second-order valence-electron chi connectivity index (χ2n) is 6.20. The summed E-state index contributed by atoms with van der Waals surface area (Å²) < 4.78 is 0. The van der Waals surface area contributed by atoms with E-state index in [1.54, 1.807) is 0 Å². The topological polar surface area (TPSA) is 15.3 Å². The second-order valence-corrected chi connectivity index (χ2v) is 6.20. The summed E-state index contributed by atoms with van der Waals surface area (Å²) >= 11 is 0. The smallest absolute Gasteiger partial charge is 0.0399 e. The fourth-order valence-electron chi connectivity index (χ4n) is 3.05. The summed E-state index contributed by atoms with van der Waals surface area (Å²) in [5.41, 5.74) is 2.97. The zero-order chi connectivity index (χ0) is 13.7. The van der Waals surface area contributed by atoms with Crippen LogP contribution in [0.2, 0.25) is 0 Å². The van der Waals surface area contributed by atoms with E-state index in [2.05, 4.69) is 55.3 Å². The van der Waals surface area contributed by atoms with Crippen molar-refractivity contribution in [2.45, 2.75) is 46.1 Å². The molecule has 1 aromatic carbocycles. The monoisotopic (exact) mass is 260 g/mol. The number of rotatable bonds is 7. The molecule has 2 rings (SSSR count). The molecule has 1 aliphatic rings. The van der Waals surface area contributed by atoms with Crippen LogP contribution in [-0.2, 0) is 6.42 Å². The molecule has 1 aromatic rings. The van der Waals surface area contributed by atoms with Crippen LogP contribution in [0.4, 0.5) is 5.69 Å². The molecule has 0 radical (unpaired) electrons. The molecule has 1 heterocycles. The zero-order valence-electron chi connectivity index (χ0n) is 12.7. The molecule has 0 fully saturated rings. The first-order valence-electron chi connectivity index (χ1n) is 7.73. The predicted octanol–water partition coefficient (Wildman–Crippen LogP) is 3.46. The fraction of sp³-hybridized carbons (Fsp3) is 0.647. The highest BCUT2D eigenvalue weighted by atomic mass is 15.1. The minimum Gasteiger partial charge on any atom is -0.371 e. The van der Waals surface area contributed by atoms with Crippen LogP contribution in [0.5, 0.6) is 0 Å². The third-order valence-corrected chi connectivity index (χ3v) is 3.91. The van der Waals surface area contributed by atoms with Gasteiger partial charge in [-0.1, -0.05) is 32.0 Å². The number of hydrogen-bond acceptors (Lipinski definition) is 2. The largest absolute Gasteiger partial charge is 0.371 e. The number of nitrogens with one attached hydrogen (secondary N) is 1. The zero-order valence-corrected chi connectivity index (χ0v) is 12.7. The van der Waals surface area contributed by atoms with E-state index in [-0.39, 0.29) is 0 Å². The van der Waals surface area contributed by atoms with Crippen LogP contribution in [0, 0.1) is 5.92 Å². The van der Waals surface area contributed by atoms with Crippen molar-refractivity contribution in [2.75, 3.05) is 24.5 Å². The van der Waals surface area contributed by atoms with Crippen molar-refractivity contribution in [3.05, 3.63) is 29.8 Å². The van der Waals surface area contributed by atoms with Crippen LogP contribution in [0.15, 0.2) is 24.3 Å². The van der Waals surface area contributed by atoms with Gasteiger partial charge >= 0.3 is 0 Å². The summed E-state index contributed by atoms with van der Waals surface area (Å²) in [7, 11) is 0. The van der Waals surface area contributed by atoms with Crippen molar-refractivity contribution < 1.29 is 0 Å². The van der Waals surface area contributed by atoms with E-state index in [1.165, 1.54) is 43.6 Å². The molecule has 0 spiro atoms. The SMILES string of the molecule is CC(C)CC(C)NCCCN1CCc2ccccc21. The van der Waals surface area contributed by atoms with Crippen molar-refractivity contribution >= 4 is 5.69 Å². The highest BCUT2D eigenvalue weighted by Crippen LogP contribution is 2.27. The molecule has 0 saturated carbocycles. The molecule has 2 heteroatoms. The Bertz CT molecular complexity index is 387. The normalized spacial score (nSPS) is 15.9. The van der Waals surface area contributed by atoms with Crippen LogP contribution >= 0.6 is 0 Å². The lowest BCUT2D eigenvalue weighted by Gasteiger charge is -2.21. The van der Waals surface area contributed by atoms with Gasteiger partial charge in [0.05, 0.1) is 0 Å². The average molecular weight is 260 g/mol. The summed E-state index contributed by atoms with van der Waals surface area (Å²) in [4.78, 5) is 2.53. The van der Waals surface area contributed by atoms with Gasteiger partial charge in [0, 0.05) is 24.8 Å². The Kier molecular flexibility index (Phi) is 5.26. The van der Waals surface area contributed by atoms with Gasteiger partial charge in [-0.05, 0) is 50.3 Å². The Morgan fingerprint density at radius 1 is 1.21 bits per heavy atom. The Balaban J connectivity index is 1.67. The first-order chi connectivity index (χ1) is 9.16. The molecule has 106 valence electrons. The lowest BCUT2D eigenvalue weighted by molar-refractivity contribution is 0.439. The van der Waals surface area contributed by atoms with Gasteiger partial charge in [-0.2, -0.15) is 0 Å². The molecular weight excluding hydrogens is 232 g/mol. The molecule has 0 aliphatic carbocycles. The van der Waals surface area contributed by atoms with Crippen LogP contribution in [0.1, 0.15) is 39.2 Å².